The third-order valence-corrected chi connectivity index (χ3v) is 3.91. The Morgan fingerprint density at radius 3 is 2.81 bits per heavy atom. The zero-order chi connectivity index (χ0) is 14.4. The molecule has 0 bridgehead atoms. The van der Waals surface area contributed by atoms with Crippen molar-refractivity contribution in [1.29, 1.82) is 0 Å². The number of benzene rings is 1. The Kier molecular flexibility index (Phi) is 2.54. The zero-order valence-corrected chi connectivity index (χ0v) is 11.2. The van der Waals surface area contributed by atoms with E-state index in [1.807, 2.05) is 30.3 Å². The van der Waals surface area contributed by atoms with Gasteiger partial charge in [-0.1, -0.05) is 18.2 Å². The highest BCUT2D eigenvalue weighted by atomic mass is 16.1. The number of carbonyl (C=O) groups is 1. The molecule has 0 spiro atoms. The molecule has 21 heavy (non-hydrogen) atoms. The van der Waals surface area contributed by atoms with E-state index in [1.54, 1.807) is 4.57 Å². The van der Waals surface area contributed by atoms with Crippen molar-refractivity contribution < 1.29 is 4.79 Å². The van der Waals surface area contributed by atoms with Gasteiger partial charge in [-0.15, -0.1) is 0 Å². The average molecular weight is 279 g/mol. The van der Waals surface area contributed by atoms with E-state index in [9.17, 15) is 9.59 Å². The predicted octanol–water partition coefficient (Wildman–Crippen LogP) is 2.40. The topological polar surface area (TPSA) is 67.8 Å². The second-order valence-electron chi connectivity index (χ2n) is 5.36. The van der Waals surface area contributed by atoms with Crippen molar-refractivity contribution in [3.63, 3.8) is 0 Å². The Morgan fingerprint density at radius 2 is 2.05 bits per heavy atom. The molecule has 2 aromatic heterocycles. The van der Waals surface area contributed by atoms with Gasteiger partial charge < -0.3 is 0 Å². The summed E-state index contributed by atoms with van der Waals surface area (Å²) in [6.45, 7) is 0. The van der Waals surface area contributed by atoms with Gasteiger partial charge >= 0.3 is 0 Å². The number of hydrogen-bond acceptors (Lipinski definition) is 3. The molecular formula is C16H13N3O2. The number of pyridine rings is 1. The van der Waals surface area contributed by atoms with Crippen LogP contribution in [0.15, 0.2) is 41.2 Å². The fourth-order valence-electron chi connectivity index (χ4n) is 2.68. The van der Waals surface area contributed by atoms with Crippen LogP contribution in [0.3, 0.4) is 0 Å². The van der Waals surface area contributed by atoms with Crippen LogP contribution in [-0.2, 0) is 0 Å². The van der Waals surface area contributed by atoms with Crippen LogP contribution in [0.1, 0.15) is 34.8 Å². The highest BCUT2D eigenvalue weighted by molar-refractivity contribution is 5.96. The molecule has 0 atom stereocenters. The molecule has 1 aliphatic carbocycles. The number of carbonyl (C=O) groups excluding carboxylic acids is 1. The fourth-order valence-corrected chi connectivity index (χ4v) is 2.68. The minimum absolute atomic E-state index is 0.246. The second-order valence-corrected chi connectivity index (χ2v) is 5.36. The van der Waals surface area contributed by atoms with Gasteiger partial charge in [-0.05, 0) is 18.9 Å². The maximum absolute atomic E-state index is 12.4. The number of fused-ring (bicyclic) bond motifs is 1. The van der Waals surface area contributed by atoms with Crippen molar-refractivity contribution in [2.24, 2.45) is 0 Å². The standard InChI is InChI=1S/C16H13N3O2/c20-9-11-7-16(21)19(14-4-2-1-3-12(11)14)15-8-13(17-18-15)10-5-6-10/h1-4,7-10H,5-6H2,(H,17,18). The normalized spacial score (nSPS) is 14.5. The molecule has 1 saturated carbocycles. The van der Waals surface area contributed by atoms with E-state index in [0.29, 0.717) is 29.1 Å². The Bertz CT molecular complexity index is 903. The number of H-pyrrole nitrogens is 1. The number of nitrogens with zero attached hydrogens (tertiary/aromatic N) is 2. The molecule has 0 radical (unpaired) electrons. The van der Waals surface area contributed by atoms with E-state index in [0.717, 1.165) is 11.1 Å². The summed E-state index contributed by atoms with van der Waals surface area (Å²) in [6, 6.07) is 10.7. The van der Waals surface area contributed by atoms with Gasteiger partial charge in [0.25, 0.3) is 5.56 Å². The van der Waals surface area contributed by atoms with E-state index in [-0.39, 0.29) is 5.56 Å². The van der Waals surface area contributed by atoms with Gasteiger partial charge in [-0.25, -0.2) is 0 Å². The average Bonchev–Trinajstić information content (AvgIpc) is 3.25. The van der Waals surface area contributed by atoms with Crippen LogP contribution in [0, 0.1) is 0 Å². The van der Waals surface area contributed by atoms with Crippen molar-refractivity contribution in [2.75, 3.05) is 0 Å². The highest BCUT2D eigenvalue weighted by Gasteiger charge is 2.26. The monoisotopic (exact) mass is 279 g/mol. The molecular weight excluding hydrogens is 266 g/mol. The molecule has 3 aromatic rings. The molecule has 0 aliphatic heterocycles. The first kappa shape index (κ1) is 12.1. The molecule has 1 fully saturated rings. The highest BCUT2D eigenvalue weighted by Crippen LogP contribution is 2.39. The Balaban J connectivity index is 2.00. The van der Waals surface area contributed by atoms with Gasteiger partial charge in [0.05, 0.1) is 5.52 Å². The second kappa shape index (κ2) is 4.41. The maximum Gasteiger partial charge on any atom is 0.257 e. The quantitative estimate of drug-likeness (QED) is 0.748. The van der Waals surface area contributed by atoms with E-state index >= 15 is 0 Å². The molecule has 0 unspecified atom stereocenters. The number of aromatic nitrogens is 3. The molecule has 1 aromatic carbocycles. The first-order valence-electron chi connectivity index (χ1n) is 6.93. The Labute approximate surface area is 120 Å². The predicted molar refractivity (Wildman–Crippen MR) is 79.1 cm³/mol. The lowest BCUT2D eigenvalue weighted by Gasteiger charge is -2.08. The van der Waals surface area contributed by atoms with Crippen LogP contribution in [0.2, 0.25) is 0 Å². The van der Waals surface area contributed by atoms with Gasteiger partial charge in [-0.2, -0.15) is 5.10 Å². The van der Waals surface area contributed by atoms with Crippen LogP contribution >= 0.6 is 0 Å². The van der Waals surface area contributed by atoms with E-state index < -0.39 is 0 Å². The van der Waals surface area contributed by atoms with Crippen LogP contribution in [0.4, 0.5) is 0 Å². The summed E-state index contributed by atoms with van der Waals surface area (Å²) in [5, 5.41) is 8.02. The van der Waals surface area contributed by atoms with Gasteiger partial charge in [0.1, 0.15) is 0 Å². The third kappa shape index (κ3) is 1.89. The summed E-state index contributed by atoms with van der Waals surface area (Å²) in [4.78, 5) is 23.5. The summed E-state index contributed by atoms with van der Waals surface area (Å²) >= 11 is 0. The smallest absolute Gasteiger partial charge is 0.257 e. The largest absolute Gasteiger partial charge is 0.298 e. The van der Waals surface area contributed by atoms with E-state index in [1.165, 1.54) is 18.9 Å². The van der Waals surface area contributed by atoms with Crippen LogP contribution in [0.25, 0.3) is 16.7 Å². The molecule has 0 amide bonds. The summed E-state index contributed by atoms with van der Waals surface area (Å²) in [5.74, 6) is 1.12. The zero-order valence-electron chi connectivity index (χ0n) is 11.2. The lowest BCUT2D eigenvalue weighted by atomic mass is 10.1. The van der Waals surface area contributed by atoms with Crippen molar-refractivity contribution in [3.8, 4) is 5.82 Å². The lowest BCUT2D eigenvalue weighted by Crippen LogP contribution is -2.19. The van der Waals surface area contributed by atoms with Crippen LogP contribution in [-0.4, -0.2) is 21.1 Å². The van der Waals surface area contributed by atoms with Crippen molar-refractivity contribution >= 4 is 17.2 Å². The van der Waals surface area contributed by atoms with Crippen molar-refractivity contribution in [2.45, 2.75) is 18.8 Å². The number of rotatable bonds is 3. The SMILES string of the molecule is O=Cc1cc(=O)n(-c2cc(C3CC3)[nH]n2)c2ccccc12. The van der Waals surface area contributed by atoms with Crippen molar-refractivity contribution in [1.82, 2.24) is 14.8 Å². The number of hydrogen-bond donors (Lipinski definition) is 1. The maximum atomic E-state index is 12.4. The van der Waals surface area contributed by atoms with Gasteiger partial charge in [0, 0.05) is 34.7 Å². The van der Waals surface area contributed by atoms with Gasteiger partial charge in [0.15, 0.2) is 12.1 Å². The minimum atomic E-state index is -0.246. The molecule has 1 N–H and O–H groups in total. The first-order chi connectivity index (χ1) is 10.3. The minimum Gasteiger partial charge on any atom is -0.298 e. The van der Waals surface area contributed by atoms with Crippen LogP contribution in [0.5, 0.6) is 0 Å². The summed E-state index contributed by atoms with van der Waals surface area (Å²) in [5.41, 5.74) is 1.93. The Morgan fingerprint density at radius 1 is 1.24 bits per heavy atom. The Hall–Kier alpha value is -2.69. The molecule has 0 saturated heterocycles. The number of nitrogens with one attached hydrogen (secondary N) is 1. The first-order valence-corrected chi connectivity index (χ1v) is 6.93. The molecule has 5 heteroatoms. The van der Waals surface area contributed by atoms with E-state index in [2.05, 4.69) is 10.2 Å². The summed E-state index contributed by atoms with van der Waals surface area (Å²) in [7, 11) is 0. The lowest BCUT2D eigenvalue weighted by molar-refractivity contribution is 0.112. The van der Waals surface area contributed by atoms with Gasteiger partial charge in [-0.3, -0.25) is 19.3 Å². The number of aldehydes is 1. The number of aromatic amines is 1. The van der Waals surface area contributed by atoms with Crippen LogP contribution < -0.4 is 5.56 Å². The molecule has 1 aliphatic rings. The third-order valence-electron chi connectivity index (χ3n) is 3.91. The fraction of sp³-hybridized carbons (Fsp3) is 0.188. The number of para-hydroxylation sites is 1. The molecule has 5 nitrogen and oxygen atoms in total. The van der Waals surface area contributed by atoms with Gasteiger partial charge in [0.2, 0.25) is 0 Å². The molecule has 104 valence electrons. The van der Waals surface area contributed by atoms with Crippen molar-refractivity contribution in [3.05, 3.63) is 58.0 Å². The molecule has 2 heterocycles. The van der Waals surface area contributed by atoms with E-state index in [4.69, 9.17) is 0 Å². The summed E-state index contributed by atoms with van der Waals surface area (Å²) in [6.07, 6.45) is 3.05. The summed E-state index contributed by atoms with van der Waals surface area (Å²) < 4.78 is 1.55. The molecule has 4 rings (SSSR count).